The first-order valence-corrected chi connectivity index (χ1v) is 5.64. The summed E-state index contributed by atoms with van der Waals surface area (Å²) in [5, 5.41) is 3.72. The van der Waals surface area contributed by atoms with E-state index in [0.717, 1.165) is 19.1 Å². The lowest BCUT2D eigenvalue weighted by atomic mass is 9.81. The molecule has 2 fully saturated rings. The van der Waals surface area contributed by atoms with E-state index in [0.29, 0.717) is 5.54 Å². The normalized spacial score (nSPS) is 41.8. The third kappa shape index (κ3) is 2.05. The largest absolute Gasteiger partial charge is 0.381 e. The topological polar surface area (TPSA) is 21.3 Å². The van der Waals surface area contributed by atoms with Gasteiger partial charge in [-0.2, -0.15) is 0 Å². The summed E-state index contributed by atoms with van der Waals surface area (Å²) < 4.78 is 5.48. The summed E-state index contributed by atoms with van der Waals surface area (Å²) in [6, 6.07) is 0. The van der Waals surface area contributed by atoms with Crippen LogP contribution in [-0.2, 0) is 4.74 Å². The Kier molecular flexibility index (Phi) is 2.89. The number of nitrogens with one attached hydrogen (secondary N) is 1. The summed E-state index contributed by atoms with van der Waals surface area (Å²) in [5.41, 5.74) is 0.368. The van der Waals surface area contributed by atoms with Crippen LogP contribution in [0.1, 0.15) is 39.0 Å². The predicted molar refractivity (Wildman–Crippen MR) is 53.8 cm³/mol. The van der Waals surface area contributed by atoms with E-state index in [1.165, 1.54) is 38.6 Å². The Morgan fingerprint density at radius 2 is 2.23 bits per heavy atom. The van der Waals surface area contributed by atoms with Gasteiger partial charge in [0.2, 0.25) is 0 Å². The van der Waals surface area contributed by atoms with Crippen LogP contribution in [-0.4, -0.2) is 25.3 Å². The lowest BCUT2D eigenvalue weighted by Crippen LogP contribution is -2.48. The molecule has 2 nitrogen and oxygen atoms in total. The van der Waals surface area contributed by atoms with Gasteiger partial charge >= 0.3 is 0 Å². The van der Waals surface area contributed by atoms with Crippen molar-refractivity contribution in [2.45, 2.75) is 44.6 Å². The molecular formula is C11H21NO. The summed E-state index contributed by atoms with van der Waals surface area (Å²) in [7, 11) is 0. The van der Waals surface area contributed by atoms with Crippen LogP contribution in [0.15, 0.2) is 0 Å². The van der Waals surface area contributed by atoms with Crippen molar-refractivity contribution in [2.75, 3.05) is 19.8 Å². The predicted octanol–water partition coefficient (Wildman–Crippen LogP) is 1.95. The molecule has 2 atom stereocenters. The summed E-state index contributed by atoms with van der Waals surface area (Å²) in [4.78, 5) is 0. The van der Waals surface area contributed by atoms with Crippen molar-refractivity contribution in [2.24, 2.45) is 5.92 Å². The molecule has 2 rings (SSSR count). The fourth-order valence-electron chi connectivity index (χ4n) is 2.64. The Morgan fingerprint density at radius 1 is 1.31 bits per heavy atom. The number of hydrogen-bond acceptors (Lipinski definition) is 2. The first kappa shape index (κ1) is 9.47. The van der Waals surface area contributed by atoms with Gasteiger partial charge in [0, 0.05) is 18.1 Å². The van der Waals surface area contributed by atoms with Crippen molar-refractivity contribution in [3.05, 3.63) is 0 Å². The maximum Gasteiger partial charge on any atom is 0.0512 e. The quantitative estimate of drug-likeness (QED) is 0.671. The summed E-state index contributed by atoms with van der Waals surface area (Å²) in [6.45, 7) is 5.54. The smallest absolute Gasteiger partial charge is 0.0512 e. The maximum absolute atomic E-state index is 5.48. The van der Waals surface area contributed by atoms with Gasteiger partial charge in [0.15, 0.2) is 0 Å². The molecule has 0 aliphatic carbocycles. The van der Waals surface area contributed by atoms with Gasteiger partial charge in [0.25, 0.3) is 0 Å². The van der Waals surface area contributed by atoms with E-state index >= 15 is 0 Å². The highest BCUT2D eigenvalue weighted by molar-refractivity contribution is 4.93. The van der Waals surface area contributed by atoms with Gasteiger partial charge in [0.05, 0.1) is 6.61 Å². The van der Waals surface area contributed by atoms with Gasteiger partial charge in [-0.3, -0.25) is 0 Å². The van der Waals surface area contributed by atoms with Crippen LogP contribution in [0.25, 0.3) is 0 Å². The van der Waals surface area contributed by atoms with E-state index in [9.17, 15) is 0 Å². The van der Waals surface area contributed by atoms with E-state index < -0.39 is 0 Å². The van der Waals surface area contributed by atoms with Crippen LogP contribution in [0.3, 0.4) is 0 Å². The molecule has 2 aliphatic rings. The summed E-state index contributed by atoms with van der Waals surface area (Å²) in [6.07, 6.45) is 6.73. The second-order valence-electron chi connectivity index (χ2n) is 4.72. The second kappa shape index (κ2) is 3.97. The van der Waals surface area contributed by atoms with E-state index in [1.54, 1.807) is 0 Å². The van der Waals surface area contributed by atoms with Gasteiger partial charge < -0.3 is 10.1 Å². The molecule has 2 unspecified atom stereocenters. The lowest BCUT2D eigenvalue weighted by molar-refractivity contribution is 0.150. The van der Waals surface area contributed by atoms with Gasteiger partial charge in [-0.15, -0.1) is 0 Å². The van der Waals surface area contributed by atoms with E-state index in [2.05, 4.69) is 12.2 Å². The minimum Gasteiger partial charge on any atom is -0.381 e. The second-order valence-corrected chi connectivity index (χ2v) is 4.72. The molecule has 0 aromatic carbocycles. The lowest BCUT2D eigenvalue weighted by Gasteiger charge is -2.34. The zero-order valence-electron chi connectivity index (χ0n) is 8.64. The molecule has 2 saturated heterocycles. The molecule has 0 aromatic rings. The van der Waals surface area contributed by atoms with E-state index in [1.807, 2.05) is 0 Å². The average molecular weight is 183 g/mol. The van der Waals surface area contributed by atoms with Gasteiger partial charge in [-0.25, -0.2) is 0 Å². The molecule has 0 saturated carbocycles. The fourth-order valence-corrected chi connectivity index (χ4v) is 2.64. The molecule has 0 bridgehead atoms. The van der Waals surface area contributed by atoms with Gasteiger partial charge in [-0.1, -0.05) is 12.8 Å². The van der Waals surface area contributed by atoms with Crippen LogP contribution >= 0.6 is 0 Å². The molecule has 13 heavy (non-hydrogen) atoms. The minimum absolute atomic E-state index is 0.368. The van der Waals surface area contributed by atoms with Crippen molar-refractivity contribution in [1.82, 2.24) is 5.32 Å². The molecule has 0 radical (unpaired) electrons. The van der Waals surface area contributed by atoms with Crippen molar-refractivity contribution >= 4 is 0 Å². The molecule has 1 N–H and O–H groups in total. The van der Waals surface area contributed by atoms with Crippen LogP contribution in [0.4, 0.5) is 0 Å². The van der Waals surface area contributed by atoms with Crippen LogP contribution in [0.2, 0.25) is 0 Å². The number of rotatable bonds is 1. The Balaban J connectivity index is 1.98. The molecule has 0 aromatic heterocycles. The first-order chi connectivity index (χ1) is 6.31. The molecule has 2 aliphatic heterocycles. The van der Waals surface area contributed by atoms with Gasteiger partial charge in [-0.05, 0) is 32.7 Å². The van der Waals surface area contributed by atoms with Crippen molar-refractivity contribution in [3.8, 4) is 0 Å². The minimum atomic E-state index is 0.368. The zero-order chi connectivity index (χ0) is 9.15. The SMILES string of the molecule is CC1(C2CCOC2)CCCCCN1. The van der Waals surface area contributed by atoms with Gasteiger partial charge in [0.1, 0.15) is 0 Å². The molecule has 2 heteroatoms. The monoisotopic (exact) mass is 183 g/mol. The Bertz CT molecular complexity index is 155. The van der Waals surface area contributed by atoms with Crippen LogP contribution < -0.4 is 5.32 Å². The molecule has 0 spiro atoms. The molecule has 76 valence electrons. The zero-order valence-corrected chi connectivity index (χ0v) is 8.64. The third-order valence-corrected chi connectivity index (χ3v) is 3.73. The van der Waals surface area contributed by atoms with E-state index in [-0.39, 0.29) is 0 Å². The maximum atomic E-state index is 5.48. The fraction of sp³-hybridized carbons (Fsp3) is 1.00. The number of hydrogen-bond donors (Lipinski definition) is 1. The highest BCUT2D eigenvalue weighted by Crippen LogP contribution is 2.31. The Labute approximate surface area is 81.0 Å². The average Bonchev–Trinajstić information content (AvgIpc) is 2.57. The van der Waals surface area contributed by atoms with Crippen LogP contribution in [0, 0.1) is 5.92 Å². The highest BCUT2D eigenvalue weighted by atomic mass is 16.5. The molecule has 2 heterocycles. The van der Waals surface area contributed by atoms with Crippen LogP contribution in [0.5, 0.6) is 0 Å². The van der Waals surface area contributed by atoms with Crippen molar-refractivity contribution < 1.29 is 4.74 Å². The third-order valence-electron chi connectivity index (χ3n) is 3.73. The summed E-state index contributed by atoms with van der Waals surface area (Å²) >= 11 is 0. The van der Waals surface area contributed by atoms with E-state index in [4.69, 9.17) is 4.74 Å². The Hall–Kier alpha value is -0.0800. The first-order valence-electron chi connectivity index (χ1n) is 5.64. The van der Waals surface area contributed by atoms with Crippen molar-refractivity contribution in [1.29, 1.82) is 0 Å². The molecular weight excluding hydrogens is 162 g/mol. The number of ether oxygens (including phenoxy) is 1. The standard InChI is InChI=1S/C11H21NO/c1-11(10-5-8-13-9-10)6-3-2-4-7-12-11/h10,12H,2-9H2,1H3. The Morgan fingerprint density at radius 3 is 3.00 bits per heavy atom. The summed E-state index contributed by atoms with van der Waals surface area (Å²) in [5.74, 6) is 0.755. The highest BCUT2D eigenvalue weighted by Gasteiger charge is 2.36. The molecule has 0 amide bonds. The van der Waals surface area contributed by atoms with Crippen molar-refractivity contribution in [3.63, 3.8) is 0 Å².